The third kappa shape index (κ3) is 3.94. The molecule has 7 nitrogen and oxygen atoms in total. The van der Waals surface area contributed by atoms with E-state index >= 15 is 0 Å². The molecule has 1 aliphatic heterocycles. The van der Waals surface area contributed by atoms with Crippen molar-refractivity contribution in [1.82, 2.24) is 9.88 Å². The number of nitrogens with zero attached hydrogens (tertiary/aromatic N) is 1. The van der Waals surface area contributed by atoms with E-state index in [4.69, 9.17) is 14.2 Å². The zero-order valence-corrected chi connectivity index (χ0v) is 15.7. The molecule has 0 unspecified atom stereocenters. The second-order valence-corrected chi connectivity index (χ2v) is 6.53. The van der Waals surface area contributed by atoms with Gasteiger partial charge >= 0.3 is 0 Å². The van der Waals surface area contributed by atoms with Gasteiger partial charge in [-0.25, -0.2) is 0 Å². The summed E-state index contributed by atoms with van der Waals surface area (Å²) in [7, 11) is 0. The minimum Gasteiger partial charge on any atom is -0.483 e. The van der Waals surface area contributed by atoms with E-state index < -0.39 is 0 Å². The SMILES string of the molecule is C=CCn1ccc2c(OCC(=O)NCc3ccc4c(c3)OCO4)cccc2c1=O. The molecule has 29 heavy (non-hydrogen) atoms. The summed E-state index contributed by atoms with van der Waals surface area (Å²) >= 11 is 0. The highest BCUT2D eigenvalue weighted by molar-refractivity contribution is 5.88. The summed E-state index contributed by atoms with van der Waals surface area (Å²) < 4.78 is 17.8. The third-order valence-corrected chi connectivity index (χ3v) is 4.59. The van der Waals surface area contributed by atoms with Crippen LogP contribution in [0.3, 0.4) is 0 Å². The molecule has 4 rings (SSSR count). The van der Waals surface area contributed by atoms with E-state index in [1.54, 1.807) is 41.1 Å². The van der Waals surface area contributed by atoms with Gasteiger partial charge in [0.05, 0.1) is 5.39 Å². The van der Waals surface area contributed by atoms with E-state index in [0.29, 0.717) is 41.1 Å². The Labute approximate surface area is 167 Å². The maximum Gasteiger partial charge on any atom is 0.258 e. The molecule has 0 aliphatic carbocycles. The number of fused-ring (bicyclic) bond motifs is 2. The van der Waals surface area contributed by atoms with Gasteiger partial charge in [-0.15, -0.1) is 6.58 Å². The Bertz CT molecular complexity index is 1140. The third-order valence-electron chi connectivity index (χ3n) is 4.59. The van der Waals surface area contributed by atoms with Gasteiger partial charge < -0.3 is 24.1 Å². The highest BCUT2D eigenvalue weighted by Gasteiger charge is 2.14. The second kappa shape index (κ2) is 8.10. The predicted octanol–water partition coefficient (Wildman–Crippen LogP) is 2.61. The first-order chi connectivity index (χ1) is 14.2. The molecule has 1 aliphatic rings. The number of rotatable bonds is 7. The molecule has 1 aromatic heterocycles. The number of benzene rings is 2. The van der Waals surface area contributed by atoms with Crippen molar-refractivity contribution in [3.8, 4) is 17.2 Å². The van der Waals surface area contributed by atoms with Gasteiger partial charge in [-0.05, 0) is 35.9 Å². The van der Waals surface area contributed by atoms with Gasteiger partial charge in [-0.3, -0.25) is 9.59 Å². The van der Waals surface area contributed by atoms with Crippen molar-refractivity contribution in [2.75, 3.05) is 13.4 Å². The first-order valence-corrected chi connectivity index (χ1v) is 9.17. The Kier molecular flexibility index (Phi) is 5.20. The van der Waals surface area contributed by atoms with E-state index in [1.165, 1.54) is 0 Å². The van der Waals surface area contributed by atoms with Crippen molar-refractivity contribution in [3.05, 3.63) is 77.2 Å². The summed E-state index contributed by atoms with van der Waals surface area (Å²) in [6.07, 6.45) is 3.36. The molecular weight excluding hydrogens is 372 g/mol. The molecule has 0 fully saturated rings. The Hall–Kier alpha value is -3.74. The first-order valence-electron chi connectivity index (χ1n) is 9.17. The molecule has 1 N–H and O–H groups in total. The number of hydrogen-bond acceptors (Lipinski definition) is 5. The molecule has 2 aromatic carbocycles. The lowest BCUT2D eigenvalue weighted by Crippen LogP contribution is -2.28. The number of nitrogens with one attached hydrogen (secondary N) is 1. The predicted molar refractivity (Wildman–Crippen MR) is 108 cm³/mol. The van der Waals surface area contributed by atoms with Crippen molar-refractivity contribution in [2.24, 2.45) is 0 Å². The van der Waals surface area contributed by atoms with E-state index in [2.05, 4.69) is 11.9 Å². The summed E-state index contributed by atoms with van der Waals surface area (Å²) in [6.45, 7) is 4.50. The highest BCUT2D eigenvalue weighted by Crippen LogP contribution is 2.32. The van der Waals surface area contributed by atoms with Gasteiger partial charge in [0.15, 0.2) is 18.1 Å². The average molecular weight is 392 g/mol. The molecule has 3 aromatic rings. The van der Waals surface area contributed by atoms with Gasteiger partial charge in [0, 0.05) is 24.7 Å². The quantitative estimate of drug-likeness (QED) is 0.626. The Morgan fingerprint density at radius 2 is 2.03 bits per heavy atom. The average Bonchev–Trinajstić information content (AvgIpc) is 3.21. The molecule has 148 valence electrons. The molecule has 0 bridgehead atoms. The highest BCUT2D eigenvalue weighted by atomic mass is 16.7. The molecule has 0 saturated carbocycles. The number of carbonyl (C=O) groups excluding carboxylic acids is 1. The van der Waals surface area contributed by atoms with Crippen LogP contribution in [0.1, 0.15) is 5.56 Å². The van der Waals surface area contributed by atoms with Crippen LogP contribution in [0.15, 0.2) is 66.1 Å². The zero-order chi connectivity index (χ0) is 20.2. The van der Waals surface area contributed by atoms with Gasteiger partial charge in [0.25, 0.3) is 11.5 Å². The Morgan fingerprint density at radius 1 is 1.17 bits per heavy atom. The van der Waals surface area contributed by atoms with Crippen molar-refractivity contribution in [3.63, 3.8) is 0 Å². The van der Waals surface area contributed by atoms with E-state index in [9.17, 15) is 9.59 Å². The summed E-state index contributed by atoms with van der Waals surface area (Å²) in [6, 6.07) is 12.5. The van der Waals surface area contributed by atoms with Gasteiger partial charge in [-0.1, -0.05) is 18.2 Å². The summed E-state index contributed by atoms with van der Waals surface area (Å²) in [5.41, 5.74) is 0.774. The van der Waals surface area contributed by atoms with Crippen LogP contribution in [0.25, 0.3) is 10.8 Å². The lowest BCUT2D eigenvalue weighted by molar-refractivity contribution is -0.123. The molecule has 7 heteroatoms. The number of ether oxygens (including phenoxy) is 3. The number of aromatic nitrogens is 1. The first kappa shape index (κ1) is 18.6. The van der Waals surface area contributed by atoms with Crippen LogP contribution < -0.4 is 25.1 Å². The second-order valence-electron chi connectivity index (χ2n) is 6.53. The van der Waals surface area contributed by atoms with E-state index in [0.717, 1.165) is 5.56 Å². The fourth-order valence-electron chi connectivity index (χ4n) is 3.14. The lowest BCUT2D eigenvalue weighted by atomic mass is 10.1. The van der Waals surface area contributed by atoms with Crippen molar-refractivity contribution < 1.29 is 19.0 Å². The molecule has 0 spiro atoms. The fourth-order valence-corrected chi connectivity index (χ4v) is 3.14. The molecule has 0 saturated heterocycles. The zero-order valence-electron chi connectivity index (χ0n) is 15.7. The fraction of sp³-hybridized carbons (Fsp3) is 0.182. The van der Waals surface area contributed by atoms with Gasteiger partial charge in [0.2, 0.25) is 6.79 Å². The van der Waals surface area contributed by atoms with Gasteiger partial charge in [0.1, 0.15) is 5.75 Å². The maximum absolute atomic E-state index is 12.5. The Morgan fingerprint density at radius 3 is 2.90 bits per heavy atom. The molecule has 0 atom stereocenters. The topological polar surface area (TPSA) is 78.8 Å². The van der Waals surface area contributed by atoms with Crippen molar-refractivity contribution in [2.45, 2.75) is 13.1 Å². The monoisotopic (exact) mass is 392 g/mol. The van der Waals surface area contributed by atoms with Crippen LogP contribution >= 0.6 is 0 Å². The molecule has 0 radical (unpaired) electrons. The number of carbonyl (C=O) groups is 1. The van der Waals surface area contributed by atoms with Crippen LogP contribution in [0.2, 0.25) is 0 Å². The normalized spacial score (nSPS) is 12.0. The molecular formula is C22H20N2O5. The number of amides is 1. The largest absolute Gasteiger partial charge is 0.483 e. The summed E-state index contributed by atoms with van der Waals surface area (Å²) in [4.78, 5) is 24.7. The van der Waals surface area contributed by atoms with Crippen molar-refractivity contribution >= 4 is 16.7 Å². The van der Waals surface area contributed by atoms with Crippen molar-refractivity contribution in [1.29, 1.82) is 0 Å². The molecule has 2 heterocycles. The smallest absolute Gasteiger partial charge is 0.258 e. The van der Waals surface area contributed by atoms with Crippen LogP contribution in [0.4, 0.5) is 0 Å². The minimum atomic E-state index is -0.264. The van der Waals surface area contributed by atoms with E-state index in [-0.39, 0.29) is 24.9 Å². The Balaban J connectivity index is 1.40. The minimum absolute atomic E-state index is 0.125. The lowest BCUT2D eigenvalue weighted by Gasteiger charge is -2.11. The van der Waals surface area contributed by atoms with E-state index in [1.807, 2.05) is 18.2 Å². The summed E-state index contributed by atoms with van der Waals surface area (Å²) in [5, 5.41) is 4.01. The number of allylic oxidation sites excluding steroid dienone is 1. The van der Waals surface area contributed by atoms with Crippen LogP contribution in [0.5, 0.6) is 17.2 Å². The van der Waals surface area contributed by atoms with Crippen LogP contribution in [-0.2, 0) is 17.9 Å². The maximum atomic E-state index is 12.5. The summed E-state index contributed by atoms with van der Waals surface area (Å²) in [5.74, 6) is 1.60. The number of hydrogen-bond donors (Lipinski definition) is 1. The van der Waals surface area contributed by atoms with Gasteiger partial charge in [-0.2, -0.15) is 0 Å². The van der Waals surface area contributed by atoms with Crippen LogP contribution in [0, 0.1) is 0 Å². The van der Waals surface area contributed by atoms with Crippen LogP contribution in [-0.4, -0.2) is 23.9 Å². The molecule has 1 amide bonds. The standard InChI is InChI=1S/C22H20N2O5/c1-2-9-24-10-8-16-17(22(24)26)4-3-5-18(16)27-13-21(25)23-12-15-6-7-19-20(11-15)29-14-28-19/h2-8,10-11H,1,9,12-14H2,(H,23,25). The number of pyridine rings is 1.